The van der Waals surface area contributed by atoms with E-state index in [1.165, 1.54) is 0 Å². The van der Waals surface area contributed by atoms with E-state index >= 15 is 0 Å². The minimum atomic E-state index is 0.860. The molecule has 0 aliphatic rings. The second-order valence-electron chi connectivity index (χ2n) is 4.64. The normalized spacial score (nSPS) is 10.5. The Hall–Kier alpha value is -2.55. The average molecular weight is 264 g/mol. The average Bonchev–Trinajstić information content (AvgIpc) is 2.54. The van der Waals surface area contributed by atoms with Crippen LogP contribution in [0.4, 0.5) is 11.4 Å². The number of rotatable bonds is 3. The molecule has 2 aromatic carbocycles. The number of fused-ring (bicyclic) bond motifs is 1. The number of nitrogens with zero attached hydrogens (tertiary/aromatic N) is 2. The van der Waals surface area contributed by atoms with Crippen molar-refractivity contribution in [2.75, 3.05) is 19.1 Å². The van der Waals surface area contributed by atoms with Gasteiger partial charge < -0.3 is 9.64 Å². The van der Waals surface area contributed by atoms with Gasteiger partial charge in [0, 0.05) is 18.1 Å². The van der Waals surface area contributed by atoms with Crippen LogP contribution in [0, 0.1) is 0 Å². The van der Waals surface area contributed by atoms with E-state index in [-0.39, 0.29) is 0 Å². The van der Waals surface area contributed by atoms with Crippen molar-refractivity contribution in [2.24, 2.45) is 0 Å². The molecule has 0 aliphatic heterocycles. The maximum atomic E-state index is 5.18. The number of hydrogen-bond acceptors (Lipinski definition) is 3. The van der Waals surface area contributed by atoms with Gasteiger partial charge in [-0.15, -0.1) is 0 Å². The summed E-state index contributed by atoms with van der Waals surface area (Å²) < 4.78 is 5.18. The van der Waals surface area contributed by atoms with E-state index < -0.39 is 0 Å². The van der Waals surface area contributed by atoms with Gasteiger partial charge in [0.05, 0.1) is 24.5 Å². The number of ether oxygens (including phenoxy) is 1. The molecule has 0 radical (unpaired) electrons. The van der Waals surface area contributed by atoms with Crippen LogP contribution in [0.15, 0.2) is 60.8 Å². The zero-order valence-corrected chi connectivity index (χ0v) is 11.6. The third-order valence-electron chi connectivity index (χ3n) is 3.42. The molecule has 0 saturated heterocycles. The third-order valence-corrected chi connectivity index (χ3v) is 3.42. The summed E-state index contributed by atoms with van der Waals surface area (Å²) in [5, 5.41) is 1.14. The molecule has 3 nitrogen and oxygen atoms in total. The highest BCUT2D eigenvalue weighted by atomic mass is 16.5. The van der Waals surface area contributed by atoms with E-state index in [0.29, 0.717) is 0 Å². The van der Waals surface area contributed by atoms with Gasteiger partial charge in [-0.3, -0.25) is 4.98 Å². The first-order valence-electron chi connectivity index (χ1n) is 6.50. The quantitative estimate of drug-likeness (QED) is 0.714. The molecule has 0 unspecified atom stereocenters. The fraction of sp³-hybridized carbons (Fsp3) is 0.118. The summed E-state index contributed by atoms with van der Waals surface area (Å²) in [5.74, 6) is 0.860. The van der Waals surface area contributed by atoms with Crippen molar-refractivity contribution in [1.82, 2.24) is 4.98 Å². The largest absolute Gasteiger partial charge is 0.497 e. The summed E-state index contributed by atoms with van der Waals surface area (Å²) in [5.41, 5.74) is 3.18. The molecule has 0 bridgehead atoms. The van der Waals surface area contributed by atoms with Crippen molar-refractivity contribution >= 4 is 22.3 Å². The van der Waals surface area contributed by atoms with Gasteiger partial charge in [0.2, 0.25) is 0 Å². The van der Waals surface area contributed by atoms with E-state index in [0.717, 1.165) is 28.0 Å². The molecular formula is C17H16N2O. The van der Waals surface area contributed by atoms with Crippen LogP contribution >= 0.6 is 0 Å². The van der Waals surface area contributed by atoms with E-state index in [2.05, 4.69) is 22.0 Å². The van der Waals surface area contributed by atoms with Gasteiger partial charge in [-0.2, -0.15) is 0 Å². The topological polar surface area (TPSA) is 25.4 Å². The molecule has 0 saturated carbocycles. The molecule has 3 heteroatoms. The predicted molar refractivity (Wildman–Crippen MR) is 82.8 cm³/mol. The maximum Gasteiger partial charge on any atom is 0.119 e. The van der Waals surface area contributed by atoms with Crippen LogP contribution in [0.5, 0.6) is 5.75 Å². The number of anilines is 2. The van der Waals surface area contributed by atoms with E-state index in [1.807, 2.05) is 55.7 Å². The Morgan fingerprint density at radius 2 is 1.70 bits per heavy atom. The molecule has 100 valence electrons. The zero-order valence-electron chi connectivity index (χ0n) is 11.6. The van der Waals surface area contributed by atoms with Gasteiger partial charge >= 0.3 is 0 Å². The van der Waals surface area contributed by atoms with Crippen molar-refractivity contribution < 1.29 is 4.74 Å². The minimum absolute atomic E-state index is 0.860. The maximum absolute atomic E-state index is 5.18. The summed E-state index contributed by atoms with van der Waals surface area (Å²) in [6.45, 7) is 0. The highest BCUT2D eigenvalue weighted by molar-refractivity contribution is 5.82. The highest BCUT2D eigenvalue weighted by Crippen LogP contribution is 2.27. The second kappa shape index (κ2) is 5.21. The summed E-state index contributed by atoms with van der Waals surface area (Å²) in [7, 11) is 3.71. The van der Waals surface area contributed by atoms with Crippen LogP contribution in [0.25, 0.3) is 10.9 Å². The van der Waals surface area contributed by atoms with Crippen LogP contribution in [0.1, 0.15) is 0 Å². The molecule has 0 fully saturated rings. The molecule has 1 aromatic heterocycles. The van der Waals surface area contributed by atoms with Crippen LogP contribution in [0.2, 0.25) is 0 Å². The van der Waals surface area contributed by atoms with E-state index in [4.69, 9.17) is 4.74 Å². The highest BCUT2D eigenvalue weighted by Gasteiger charge is 2.05. The molecule has 0 amide bonds. The number of methoxy groups -OCH3 is 1. The number of aromatic nitrogens is 1. The van der Waals surface area contributed by atoms with Gasteiger partial charge in [-0.05, 0) is 36.4 Å². The SMILES string of the molecule is COc1ccc(N(C)c2cnc3ccccc3c2)cc1. The Balaban J connectivity index is 1.96. The number of hydrogen-bond donors (Lipinski definition) is 0. The second-order valence-corrected chi connectivity index (χ2v) is 4.64. The molecule has 20 heavy (non-hydrogen) atoms. The smallest absolute Gasteiger partial charge is 0.119 e. The Kier molecular flexibility index (Phi) is 3.25. The molecule has 0 N–H and O–H groups in total. The van der Waals surface area contributed by atoms with Gasteiger partial charge in [-0.1, -0.05) is 18.2 Å². The Morgan fingerprint density at radius 3 is 2.45 bits per heavy atom. The standard InChI is InChI=1S/C17H16N2O/c1-19(14-7-9-16(20-2)10-8-14)15-11-13-5-3-4-6-17(13)18-12-15/h3-12H,1-2H3. The fourth-order valence-electron chi connectivity index (χ4n) is 2.20. The number of benzene rings is 2. The van der Waals surface area contributed by atoms with Gasteiger partial charge in [0.25, 0.3) is 0 Å². The lowest BCUT2D eigenvalue weighted by Crippen LogP contribution is -2.09. The molecule has 3 aromatic rings. The van der Waals surface area contributed by atoms with Crippen LogP contribution in [0.3, 0.4) is 0 Å². The van der Waals surface area contributed by atoms with Gasteiger partial charge in [-0.25, -0.2) is 0 Å². The zero-order chi connectivity index (χ0) is 13.9. The Morgan fingerprint density at radius 1 is 0.950 bits per heavy atom. The van der Waals surface area contributed by atoms with Crippen molar-refractivity contribution in [3.63, 3.8) is 0 Å². The first-order valence-corrected chi connectivity index (χ1v) is 6.50. The van der Waals surface area contributed by atoms with Crippen LogP contribution < -0.4 is 9.64 Å². The van der Waals surface area contributed by atoms with Crippen molar-refractivity contribution in [3.05, 3.63) is 60.8 Å². The van der Waals surface area contributed by atoms with E-state index in [1.54, 1.807) is 7.11 Å². The van der Waals surface area contributed by atoms with Gasteiger partial charge in [0.1, 0.15) is 5.75 Å². The summed E-state index contributed by atoms with van der Waals surface area (Å²) >= 11 is 0. The van der Waals surface area contributed by atoms with Crippen molar-refractivity contribution in [2.45, 2.75) is 0 Å². The molecule has 0 atom stereocenters. The summed E-state index contributed by atoms with van der Waals surface area (Å²) in [4.78, 5) is 6.61. The monoisotopic (exact) mass is 264 g/mol. The summed E-state index contributed by atoms with van der Waals surface area (Å²) in [6.07, 6.45) is 1.90. The molecule has 0 aliphatic carbocycles. The predicted octanol–water partition coefficient (Wildman–Crippen LogP) is 4.01. The Labute approximate surface area is 118 Å². The number of pyridine rings is 1. The minimum Gasteiger partial charge on any atom is -0.497 e. The van der Waals surface area contributed by atoms with Gasteiger partial charge in [0.15, 0.2) is 0 Å². The fourth-order valence-corrected chi connectivity index (χ4v) is 2.20. The van der Waals surface area contributed by atoms with Crippen molar-refractivity contribution in [3.8, 4) is 5.75 Å². The lowest BCUT2D eigenvalue weighted by molar-refractivity contribution is 0.415. The van der Waals surface area contributed by atoms with Crippen LogP contribution in [-0.2, 0) is 0 Å². The molecule has 0 spiro atoms. The first kappa shape index (κ1) is 12.5. The first-order chi connectivity index (χ1) is 9.78. The molecule has 3 rings (SSSR count). The Bertz CT molecular complexity index is 722. The summed E-state index contributed by atoms with van der Waals surface area (Å²) in [6, 6.07) is 18.3. The molecular weight excluding hydrogens is 248 g/mol. The lowest BCUT2D eigenvalue weighted by Gasteiger charge is -2.19. The lowest BCUT2D eigenvalue weighted by atomic mass is 10.2. The van der Waals surface area contributed by atoms with E-state index in [9.17, 15) is 0 Å². The molecule has 1 heterocycles. The third kappa shape index (κ3) is 2.30. The van der Waals surface area contributed by atoms with Crippen LogP contribution in [-0.4, -0.2) is 19.1 Å². The van der Waals surface area contributed by atoms with Crippen molar-refractivity contribution in [1.29, 1.82) is 0 Å². The number of para-hydroxylation sites is 1.